The Morgan fingerprint density at radius 1 is 1.32 bits per heavy atom. The van der Waals surface area contributed by atoms with E-state index >= 15 is 0 Å². The third-order valence-corrected chi connectivity index (χ3v) is 7.39. The Morgan fingerprint density at radius 3 is 2.39 bits per heavy atom. The minimum absolute atomic E-state index is 0.139. The van der Waals surface area contributed by atoms with E-state index in [1.165, 1.54) is 37.4 Å². The van der Waals surface area contributed by atoms with Crippen molar-refractivity contribution in [1.29, 1.82) is 0 Å². The number of carbonyl (C=O) groups excluding carboxylic acids is 1. The lowest BCUT2D eigenvalue weighted by Crippen LogP contribution is -2.27. The average Bonchev–Trinajstić information content (AvgIpc) is 3.33. The Balaban J connectivity index is 0. The number of allylic oxidation sites excluding steroid dienone is 3. The summed E-state index contributed by atoms with van der Waals surface area (Å²) in [5, 5.41) is 23.0. The molecule has 1 aliphatic carbocycles. The normalized spacial score (nSPS) is 16.8. The number of aliphatic hydroxyl groups excluding tert-OH is 1. The second-order valence-corrected chi connectivity index (χ2v) is 10.8. The first kappa shape index (κ1) is 40.1. The first-order chi connectivity index (χ1) is 19.5. The number of terminal acetylenes is 1. The van der Waals surface area contributed by atoms with Crippen LogP contribution in [0.2, 0.25) is 0 Å². The first-order valence-electron chi connectivity index (χ1n) is 15.0. The number of nitrogens with one attached hydrogen (secondary N) is 1. The molecular weight excluding hydrogens is 518 g/mol. The lowest BCUT2D eigenvalue weighted by molar-refractivity contribution is -0.137. The van der Waals surface area contributed by atoms with Crippen LogP contribution >= 0.6 is 0 Å². The fourth-order valence-electron chi connectivity index (χ4n) is 4.70. The van der Waals surface area contributed by atoms with Crippen LogP contribution in [0.1, 0.15) is 129 Å². The summed E-state index contributed by atoms with van der Waals surface area (Å²) in [5.74, 6) is 1.62. The Hall–Kier alpha value is -3.05. The quantitative estimate of drug-likeness (QED) is 0.0758. The molecule has 8 nitrogen and oxygen atoms in total. The van der Waals surface area contributed by atoms with Crippen LogP contribution in [0, 0.1) is 23.9 Å². The molecule has 5 N–H and O–H groups in total. The Morgan fingerprint density at radius 2 is 1.93 bits per heavy atom. The van der Waals surface area contributed by atoms with E-state index in [1.807, 2.05) is 45.9 Å². The monoisotopic (exact) mass is 575 g/mol. The van der Waals surface area contributed by atoms with Crippen LogP contribution in [0.15, 0.2) is 28.3 Å². The molecule has 1 fully saturated rings. The lowest BCUT2D eigenvalue weighted by Gasteiger charge is -2.39. The number of hydrogen-bond acceptors (Lipinski definition) is 6. The Bertz CT molecular complexity index is 937. The SMILES string of the molecule is C#CO.C/C=C(C)\C=C/CNC=O.CC.CCC(CCC(=O)O)c1noc(C2CC(CC(C)(C)CC)C2)c1CCN. The molecule has 1 unspecified atom stereocenters. The van der Waals surface area contributed by atoms with Crippen LogP contribution in [0.25, 0.3) is 0 Å². The van der Waals surface area contributed by atoms with Crippen molar-refractivity contribution in [2.24, 2.45) is 17.1 Å². The van der Waals surface area contributed by atoms with E-state index in [2.05, 4.69) is 44.6 Å². The maximum Gasteiger partial charge on any atom is 0.303 e. The van der Waals surface area contributed by atoms with Crippen molar-refractivity contribution in [3.8, 4) is 12.5 Å². The number of carboxylic acids is 1. The van der Waals surface area contributed by atoms with Gasteiger partial charge in [0.05, 0.1) is 5.69 Å². The van der Waals surface area contributed by atoms with Crippen LogP contribution in [-0.2, 0) is 16.0 Å². The molecule has 1 atom stereocenters. The van der Waals surface area contributed by atoms with Gasteiger partial charge in [0.1, 0.15) is 11.9 Å². The van der Waals surface area contributed by atoms with Gasteiger partial charge in [-0.3, -0.25) is 9.59 Å². The maximum atomic E-state index is 10.9. The summed E-state index contributed by atoms with van der Waals surface area (Å²) < 4.78 is 5.79. The number of nitrogens with zero attached hydrogens (tertiary/aromatic N) is 1. The molecule has 0 radical (unpaired) electrons. The highest BCUT2D eigenvalue weighted by molar-refractivity contribution is 5.66. The highest BCUT2D eigenvalue weighted by Crippen LogP contribution is 2.49. The molecule has 0 bridgehead atoms. The van der Waals surface area contributed by atoms with Gasteiger partial charge >= 0.3 is 5.97 Å². The van der Waals surface area contributed by atoms with Gasteiger partial charge in [0.15, 0.2) is 0 Å². The summed E-state index contributed by atoms with van der Waals surface area (Å²) in [5.41, 5.74) is 9.56. The van der Waals surface area contributed by atoms with Crippen molar-refractivity contribution in [3.05, 3.63) is 40.8 Å². The van der Waals surface area contributed by atoms with Gasteiger partial charge in [-0.1, -0.05) is 83.3 Å². The van der Waals surface area contributed by atoms with Gasteiger partial charge in [-0.15, -0.1) is 0 Å². The van der Waals surface area contributed by atoms with Gasteiger partial charge in [0, 0.05) is 30.4 Å². The number of aromatic nitrogens is 1. The molecule has 234 valence electrons. The van der Waals surface area contributed by atoms with Gasteiger partial charge in [0.25, 0.3) is 0 Å². The molecule has 0 spiro atoms. The molecule has 1 aromatic rings. The van der Waals surface area contributed by atoms with E-state index in [1.54, 1.807) is 0 Å². The van der Waals surface area contributed by atoms with E-state index in [0.29, 0.717) is 37.3 Å². The van der Waals surface area contributed by atoms with Gasteiger partial charge in [0.2, 0.25) is 6.41 Å². The van der Waals surface area contributed by atoms with Crippen molar-refractivity contribution >= 4 is 12.4 Å². The zero-order valence-corrected chi connectivity index (χ0v) is 26.8. The lowest BCUT2D eigenvalue weighted by atomic mass is 9.66. The highest BCUT2D eigenvalue weighted by atomic mass is 16.5. The number of aliphatic hydroxyl groups is 1. The smallest absolute Gasteiger partial charge is 0.303 e. The van der Waals surface area contributed by atoms with Crippen LogP contribution in [0.5, 0.6) is 0 Å². The van der Waals surface area contributed by atoms with Gasteiger partial charge < -0.3 is 25.8 Å². The number of carbonyl (C=O) groups is 2. The van der Waals surface area contributed by atoms with E-state index in [9.17, 15) is 9.59 Å². The predicted octanol–water partition coefficient (Wildman–Crippen LogP) is 7.08. The number of aliphatic carboxylic acids is 1. The average molecular weight is 576 g/mol. The van der Waals surface area contributed by atoms with Crippen molar-refractivity contribution in [2.75, 3.05) is 13.1 Å². The standard InChI is InChI=1S/C21H36N2O3.C8H13NO.C2H2O.C2H6/c1-5-15(7-8-18(24)25)19-17(9-10-22)20(26-23-19)16-11-14(12-16)13-21(3,4)6-2;1-3-8(2)5-4-6-9-7-10;1-2-3;1-2/h14-16H,5-13,22H2,1-4H3,(H,24,25);3-5,7H,6H2,1-2H3,(H,9,10);1,3H;1-2H3/b;5-4-,8-3-;;. The largest absolute Gasteiger partial charge is 0.481 e. The third-order valence-electron chi connectivity index (χ3n) is 7.39. The van der Waals surface area contributed by atoms with E-state index in [0.717, 1.165) is 35.8 Å². The molecule has 0 saturated heterocycles. The van der Waals surface area contributed by atoms with Crippen molar-refractivity contribution in [1.82, 2.24) is 10.5 Å². The minimum Gasteiger partial charge on any atom is -0.481 e. The van der Waals surface area contributed by atoms with E-state index < -0.39 is 5.97 Å². The number of hydrogen-bond donors (Lipinski definition) is 4. The van der Waals surface area contributed by atoms with Gasteiger partial charge in [-0.05, 0) is 70.3 Å². The molecule has 1 aromatic heterocycles. The third kappa shape index (κ3) is 16.7. The summed E-state index contributed by atoms with van der Waals surface area (Å²) in [6.45, 7) is 18.2. The second-order valence-electron chi connectivity index (χ2n) is 10.8. The Labute approximate surface area is 249 Å². The zero-order chi connectivity index (χ0) is 31.8. The molecular formula is C33H57N3O5. The van der Waals surface area contributed by atoms with E-state index in [-0.39, 0.29) is 12.3 Å². The van der Waals surface area contributed by atoms with Crippen LogP contribution in [0.3, 0.4) is 0 Å². The summed E-state index contributed by atoms with van der Waals surface area (Å²) in [6.07, 6.45) is 19.2. The summed E-state index contributed by atoms with van der Waals surface area (Å²) in [4.78, 5) is 20.7. The van der Waals surface area contributed by atoms with Gasteiger partial charge in [-0.2, -0.15) is 0 Å². The van der Waals surface area contributed by atoms with Crippen LogP contribution in [-0.4, -0.2) is 40.8 Å². The summed E-state index contributed by atoms with van der Waals surface area (Å²) in [7, 11) is 0. The molecule has 41 heavy (non-hydrogen) atoms. The second kappa shape index (κ2) is 23.6. The number of carboxylic acid groups (broad SMARTS) is 1. The number of rotatable bonds is 15. The molecule has 1 aliphatic rings. The first-order valence-corrected chi connectivity index (χ1v) is 15.0. The minimum atomic E-state index is -0.757. The number of amides is 1. The Kier molecular flexibility index (Phi) is 23.1. The molecule has 1 saturated carbocycles. The van der Waals surface area contributed by atoms with E-state index in [4.69, 9.17) is 20.5 Å². The fourth-order valence-corrected chi connectivity index (χ4v) is 4.70. The maximum absolute atomic E-state index is 10.9. The molecule has 8 heteroatoms. The molecule has 2 rings (SSSR count). The molecule has 1 amide bonds. The molecule has 1 heterocycles. The van der Waals surface area contributed by atoms with Crippen LogP contribution < -0.4 is 11.1 Å². The predicted molar refractivity (Wildman–Crippen MR) is 168 cm³/mol. The zero-order valence-electron chi connectivity index (χ0n) is 26.8. The topological polar surface area (TPSA) is 139 Å². The van der Waals surface area contributed by atoms with Crippen LogP contribution in [0.4, 0.5) is 0 Å². The summed E-state index contributed by atoms with van der Waals surface area (Å²) >= 11 is 0. The molecule has 0 aromatic carbocycles. The van der Waals surface area contributed by atoms with Gasteiger partial charge in [-0.25, -0.2) is 0 Å². The number of nitrogens with two attached hydrogens (primary N) is 1. The molecule has 0 aliphatic heterocycles. The van der Waals surface area contributed by atoms with Crippen molar-refractivity contribution < 1.29 is 24.3 Å². The highest BCUT2D eigenvalue weighted by Gasteiger charge is 2.38. The van der Waals surface area contributed by atoms with Crippen molar-refractivity contribution in [3.63, 3.8) is 0 Å². The van der Waals surface area contributed by atoms with Crippen molar-refractivity contribution in [2.45, 2.75) is 119 Å². The summed E-state index contributed by atoms with van der Waals surface area (Å²) in [6, 6.07) is 0. The fraction of sp³-hybridized carbons (Fsp3) is 0.667.